The Hall–Kier alpha value is -3.68. The van der Waals surface area contributed by atoms with Crippen LogP contribution >= 0.6 is 0 Å². The molecule has 0 bridgehead atoms. The van der Waals surface area contributed by atoms with Crippen LogP contribution < -0.4 is 5.32 Å². The molecule has 0 aromatic carbocycles. The normalized spacial score (nSPS) is 19.6. The third-order valence-corrected chi connectivity index (χ3v) is 14.2. The van der Waals surface area contributed by atoms with Gasteiger partial charge < -0.3 is 45.1 Å². The highest BCUT2D eigenvalue weighted by Gasteiger charge is 2.47. The van der Waals surface area contributed by atoms with Crippen molar-refractivity contribution < 1.29 is 49.3 Å². The summed E-state index contributed by atoms with van der Waals surface area (Å²) in [5, 5.41) is 57.0. The number of carbonyl (C=O) groups is 2. The van der Waals surface area contributed by atoms with Crippen molar-refractivity contribution in [3.8, 4) is 0 Å². The van der Waals surface area contributed by atoms with Crippen molar-refractivity contribution in [2.24, 2.45) is 0 Å². The average molecular weight is 1110 g/mol. The second kappa shape index (κ2) is 54.9. The van der Waals surface area contributed by atoms with E-state index in [9.17, 15) is 35.1 Å². The molecule has 6 N–H and O–H groups in total. The summed E-state index contributed by atoms with van der Waals surface area (Å²) in [4.78, 5) is 26.6. The Labute approximate surface area is 481 Å². The van der Waals surface area contributed by atoms with Crippen LogP contribution in [0.15, 0.2) is 109 Å². The predicted octanol–water partition coefficient (Wildman–Crippen LogP) is 15.3. The molecular weight excluding hydrogens is 991 g/mol. The topological polar surface area (TPSA) is 175 Å². The van der Waals surface area contributed by atoms with Gasteiger partial charge in [-0.25, -0.2) is 0 Å². The van der Waals surface area contributed by atoms with E-state index in [1.807, 2.05) is 6.08 Å². The number of hydrogen-bond donors (Lipinski definition) is 6. The zero-order valence-electron chi connectivity index (χ0n) is 50.0. The first-order valence-electron chi connectivity index (χ1n) is 31.7. The molecule has 0 aliphatic carbocycles. The minimum Gasteiger partial charge on any atom is -0.454 e. The molecule has 11 heteroatoms. The maximum absolute atomic E-state index is 13.4. The summed E-state index contributed by atoms with van der Waals surface area (Å²) in [7, 11) is 0. The predicted molar refractivity (Wildman–Crippen MR) is 328 cm³/mol. The summed E-state index contributed by atoms with van der Waals surface area (Å²) in [6, 6.07) is -1.05. The number of allylic oxidation sites excluding steroid dienone is 17. The average Bonchev–Trinajstić information content (AvgIpc) is 3.49. The number of esters is 1. The highest BCUT2D eigenvalue weighted by Crippen LogP contribution is 2.26. The zero-order chi connectivity index (χ0) is 57.5. The van der Waals surface area contributed by atoms with Gasteiger partial charge in [0, 0.05) is 6.42 Å². The lowest BCUT2D eigenvalue weighted by molar-refractivity contribution is -0.305. The monoisotopic (exact) mass is 1110 g/mol. The lowest BCUT2D eigenvalue weighted by Gasteiger charge is -2.41. The molecule has 0 saturated carbocycles. The maximum atomic E-state index is 13.4. The van der Waals surface area contributed by atoms with Crippen LogP contribution in [0.1, 0.15) is 245 Å². The van der Waals surface area contributed by atoms with E-state index in [-0.39, 0.29) is 19.4 Å². The first kappa shape index (κ1) is 73.3. The van der Waals surface area contributed by atoms with Crippen LogP contribution in [0.5, 0.6) is 0 Å². The van der Waals surface area contributed by atoms with Gasteiger partial charge in [0.05, 0.1) is 25.4 Å². The SMILES string of the molecule is CC/C=C\C/C=C\C/C=C\C/C=C\C/C=C\CCCCCCC(O)C(=O)NC(COC1OC(CO)C(O)C(O)C1OC(=O)CCCCCC/C=C\C/C=C\C/C=C\CCCCC)C(O)/C=C/CCCCCCCCCCCCC. The molecule has 1 rings (SSSR count). The molecule has 1 fully saturated rings. The molecular formula is C68H115NO10. The molecule has 0 spiro atoms. The lowest BCUT2D eigenvalue weighted by atomic mass is 9.99. The van der Waals surface area contributed by atoms with Gasteiger partial charge in [-0.05, 0) is 109 Å². The number of aliphatic hydroxyl groups is 5. The molecule has 0 aromatic rings. The smallest absolute Gasteiger partial charge is 0.306 e. The Morgan fingerprint density at radius 1 is 0.506 bits per heavy atom. The van der Waals surface area contributed by atoms with Crippen molar-refractivity contribution in [1.29, 1.82) is 0 Å². The second-order valence-electron chi connectivity index (χ2n) is 21.4. The number of nitrogens with one attached hydrogen (secondary N) is 1. The van der Waals surface area contributed by atoms with E-state index < -0.39 is 67.4 Å². The molecule has 1 saturated heterocycles. The molecule has 1 amide bonds. The molecule has 452 valence electrons. The number of amides is 1. The quantitative estimate of drug-likeness (QED) is 0.0195. The number of carbonyl (C=O) groups excluding carboxylic acids is 2. The van der Waals surface area contributed by atoms with Crippen molar-refractivity contribution in [3.05, 3.63) is 109 Å². The summed E-state index contributed by atoms with van der Waals surface area (Å²) in [6.07, 6.45) is 64.0. The Bertz CT molecular complexity index is 1700. The first-order valence-corrected chi connectivity index (χ1v) is 31.7. The molecule has 1 aliphatic heterocycles. The number of aliphatic hydroxyl groups excluding tert-OH is 5. The highest BCUT2D eigenvalue weighted by atomic mass is 16.7. The summed E-state index contributed by atoms with van der Waals surface area (Å²) >= 11 is 0. The van der Waals surface area contributed by atoms with Crippen molar-refractivity contribution >= 4 is 11.9 Å². The molecule has 79 heavy (non-hydrogen) atoms. The third-order valence-electron chi connectivity index (χ3n) is 14.2. The summed E-state index contributed by atoms with van der Waals surface area (Å²) in [5.41, 5.74) is 0. The molecule has 11 nitrogen and oxygen atoms in total. The summed E-state index contributed by atoms with van der Waals surface area (Å²) in [6.45, 7) is 5.62. The molecule has 1 aliphatic rings. The molecule has 8 atom stereocenters. The van der Waals surface area contributed by atoms with Crippen LogP contribution in [0.25, 0.3) is 0 Å². The third kappa shape index (κ3) is 42.8. The van der Waals surface area contributed by atoms with E-state index in [2.05, 4.69) is 123 Å². The van der Waals surface area contributed by atoms with Crippen LogP contribution in [0.3, 0.4) is 0 Å². The van der Waals surface area contributed by atoms with Crippen LogP contribution in [0, 0.1) is 0 Å². The van der Waals surface area contributed by atoms with E-state index in [1.165, 1.54) is 70.6 Å². The minimum atomic E-state index is -1.63. The van der Waals surface area contributed by atoms with Crippen LogP contribution in [-0.4, -0.2) is 99.6 Å². The van der Waals surface area contributed by atoms with E-state index in [4.69, 9.17) is 14.2 Å². The number of unbranched alkanes of at least 4 members (excludes halogenated alkanes) is 22. The summed E-state index contributed by atoms with van der Waals surface area (Å²) < 4.78 is 17.6. The van der Waals surface area contributed by atoms with Gasteiger partial charge in [0.15, 0.2) is 12.4 Å². The Morgan fingerprint density at radius 3 is 1.39 bits per heavy atom. The largest absolute Gasteiger partial charge is 0.454 e. The van der Waals surface area contributed by atoms with Crippen LogP contribution in [0.2, 0.25) is 0 Å². The van der Waals surface area contributed by atoms with Crippen molar-refractivity contribution in [2.75, 3.05) is 13.2 Å². The Balaban J connectivity index is 2.73. The fraction of sp³-hybridized carbons (Fsp3) is 0.706. The van der Waals surface area contributed by atoms with Gasteiger partial charge in [-0.15, -0.1) is 0 Å². The van der Waals surface area contributed by atoms with Crippen molar-refractivity contribution in [1.82, 2.24) is 5.32 Å². The van der Waals surface area contributed by atoms with Crippen LogP contribution in [-0.2, 0) is 23.8 Å². The van der Waals surface area contributed by atoms with Gasteiger partial charge in [-0.2, -0.15) is 0 Å². The van der Waals surface area contributed by atoms with E-state index in [0.29, 0.717) is 12.8 Å². The number of rotatable bonds is 52. The second-order valence-corrected chi connectivity index (χ2v) is 21.4. The minimum absolute atomic E-state index is 0.0899. The van der Waals surface area contributed by atoms with E-state index >= 15 is 0 Å². The van der Waals surface area contributed by atoms with Gasteiger partial charge in [-0.1, -0.05) is 239 Å². The standard InChI is InChI=1S/C68H115NO10/c1-4-7-10-13-16-19-22-25-27-29-30-31-33-34-37-40-43-46-49-52-55-61(72)67(76)69-59(60(71)54-51-48-45-42-39-36-24-21-18-15-12-9-6-3)58-77-68-66(65(75)64(74)62(57-70)78-68)79-63(73)56-53-50-47-44-41-38-35-32-28-26-23-20-17-14-11-8-5-2/h7,10,16-17,19-20,25-28,30-31,34-35,37-38,51,54,59-62,64-66,68,70-72,74-75H,4-6,8-9,11-15,18,21-24,29,32-33,36,39-50,52-53,55-58H2,1-3H3,(H,69,76)/b10-7-,19-16-,20-17-,27-25-,28-26-,31-30-,37-34-,38-35-,54-51+. The molecule has 1 heterocycles. The van der Waals surface area contributed by atoms with Gasteiger partial charge in [0.2, 0.25) is 5.91 Å². The number of ether oxygens (including phenoxy) is 3. The van der Waals surface area contributed by atoms with E-state index in [1.54, 1.807) is 6.08 Å². The fourth-order valence-corrected chi connectivity index (χ4v) is 9.15. The van der Waals surface area contributed by atoms with Gasteiger partial charge in [0.1, 0.15) is 24.4 Å². The summed E-state index contributed by atoms with van der Waals surface area (Å²) in [5.74, 6) is -1.24. The van der Waals surface area contributed by atoms with E-state index in [0.717, 1.165) is 128 Å². The van der Waals surface area contributed by atoms with Crippen molar-refractivity contribution in [3.63, 3.8) is 0 Å². The Kier molecular flexibility index (Phi) is 50.9. The lowest BCUT2D eigenvalue weighted by Crippen LogP contribution is -2.61. The van der Waals surface area contributed by atoms with Crippen LogP contribution in [0.4, 0.5) is 0 Å². The molecule has 0 radical (unpaired) electrons. The number of hydrogen-bond acceptors (Lipinski definition) is 10. The van der Waals surface area contributed by atoms with Gasteiger partial charge >= 0.3 is 5.97 Å². The zero-order valence-corrected chi connectivity index (χ0v) is 50.0. The Morgan fingerprint density at radius 2 is 0.911 bits per heavy atom. The van der Waals surface area contributed by atoms with Gasteiger partial charge in [-0.3, -0.25) is 9.59 Å². The van der Waals surface area contributed by atoms with Crippen molar-refractivity contribution in [2.45, 2.75) is 294 Å². The highest BCUT2D eigenvalue weighted by molar-refractivity contribution is 5.80. The fourth-order valence-electron chi connectivity index (χ4n) is 9.15. The first-order chi connectivity index (χ1) is 38.7. The van der Waals surface area contributed by atoms with Gasteiger partial charge in [0.25, 0.3) is 0 Å². The maximum Gasteiger partial charge on any atom is 0.306 e. The molecule has 8 unspecified atom stereocenters. The molecule has 0 aromatic heterocycles.